The summed E-state index contributed by atoms with van der Waals surface area (Å²) in [6, 6.07) is 18.7. The van der Waals surface area contributed by atoms with Gasteiger partial charge in [-0.1, -0.05) is 36.4 Å². The van der Waals surface area contributed by atoms with E-state index in [-0.39, 0.29) is 34.2 Å². The van der Waals surface area contributed by atoms with Crippen molar-refractivity contribution >= 4 is 33.2 Å². The molecule has 9 heteroatoms. The Morgan fingerprint density at radius 3 is 2.36 bits per heavy atom. The third kappa shape index (κ3) is 5.78. The molecular weight excluding hydrogens is 442 g/mol. The Labute approximate surface area is 192 Å². The largest absolute Gasteiger partial charge is 0.495 e. The zero-order valence-corrected chi connectivity index (χ0v) is 18.7. The lowest BCUT2D eigenvalue weighted by atomic mass is 10.1. The van der Waals surface area contributed by atoms with Crippen molar-refractivity contribution in [3.05, 3.63) is 96.6 Å². The number of ether oxygens (including phenoxy) is 1. The van der Waals surface area contributed by atoms with E-state index in [9.17, 15) is 18.0 Å². The van der Waals surface area contributed by atoms with Gasteiger partial charge in [0.2, 0.25) is 0 Å². The first kappa shape index (κ1) is 23.6. The highest BCUT2D eigenvalue weighted by Crippen LogP contribution is 2.26. The number of anilines is 2. The van der Waals surface area contributed by atoms with Crippen molar-refractivity contribution in [2.75, 3.05) is 23.7 Å². The molecule has 0 bridgehead atoms. The van der Waals surface area contributed by atoms with Crippen LogP contribution in [0.5, 0.6) is 5.75 Å². The smallest absolute Gasteiger partial charge is 0.262 e. The van der Waals surface area contributed by atoms with Gasteiger partial charge in [-0.05, 0) is 42.5 Å². The minimum atomic E-state index is -3.99. The summed E-state index contributed by atoms with van der Waals surface area (Å²) in [5.41, 5.74) is 0.951. The Morgan fingerprint density at radius 2 is 1.64 bits per heavy atom. The summed E-state index contributed by atoms with van der Waals surface area (Å²) in [4.78, 5) is 25.1. The molecule has 0 saturated heterocycles. The summed E-state index contributed by atoms with van der Waals surface area (Å²) < 4.78 is 33.4. The SMILES string of the molecule is C=CCNC(=O)c1ccccc1NC(=O)c1cccc(S(=O)(=O)Nc2ccccc2OC)c1. The summed E-state index contributed by atoms with van der Waals surface area (Å²) in [6.45, 7) is 3.83. The molecule has 0 atom stereocenters. The van der Waals surface area contributed by atoms with Crippen LogP contribution in [0.4, 0.5) is 11.4 Å². The van der Waals surface area contributed by atoms with Gasteiger partial charge in [0.05, 0.1) is 28.9 Å². The molecule has 2 amide bonds. The van der Waals surface area contributed by atoms with Gasteiger partial charge in [-0.15, -0.1) is 6.58 Å². The van der Waals surface area contributed by atoms with Crippen molar-refractivity contribution in [1.82, 2.24) is 5.32 Å². The molecule has 0 radical (unpaired) electrons. The van der Waals surface area contributed by atoms with Gasteiger partial charge in [-0.25, -0.2) is 8.42 Å². The second kappa shape index (κ2) is 10.5. The Kier molecular flexibility index (Phi) is 7.47. The zero-order chi connectivity index (χ0) is 23.8. The maximum Gasteiger partial charge on any atom is 0.262 e. The van der Waals surface area contributed by atoms with E-state index in [4.69, 9.17) is 4.74 Å². The maximum atomic E-state index is 12.9. The van der Waals surface area contributed by atoms with E-state index in [0.29, 0.717) is 11.4 Å². The van der Waals surface area contributed by atoms with E-state index < -0.39 is 15.9 Å². The molecule has 0 spiro atoms. The first-order valence-electron chi connectivity index (χ1n) is 9.91. The highest BCUT2D eigenvalue weighted by Gasteiger charge is 2.19. The number of hydrogen-bond donors (Lipinski definition) is 3. The minimum absolute atomic E-state index is 0.0990. The molecule has 0 unspecified atom stereocenters. The summed E-state index contributed by atoms with van der Waals surface area (Å²) in [6.07, 6.45) is 1.55. The molecule has 3 aromatic rings. The molecule has 0 aromatic heterocycles. The second-order valence-corrected chi connectivity index (χ2v) is 8.51. The molecule has 8 nitrogen and oxygen atoms in total. The standard InChI is InChI=1S/C24H23N3O5S/c1-3-15-25-24(29)19-11-4-5-12-20(19)26-23(28)17-9-8-10-18(16-17)33(30,31)27-21-13-6-7-14-22(21)32-2/h3-14,16,27H,1,15H2,2H3,(H,25,29)(H,26,28). The average molecular weight is 466 g/mol. The number of benzene rings is 3. The molecule has 3 N–H and O–H groups in total. The van der Waals surface area contributed by atoms with E-state index in [1.807, 2.05) is 0 Å². The highest BCUT2D eigenvalue weighted by atomic mass is 32.2. The van der Waals surface area contributed by atoms with Crippen molar-refractivity contribution in [1.29, 1.82) is 0 Å². The number of methoxy groups -OCH3 is 1. The Bertz CT molecular complexity index is 1290. The van der Waals surface area contributed by atoms with Gasteiger partial charge >= 0.3 is 0 Å². The predicted octanol–water partition coefficient (Wildman–Crippen LogP) is 3.66. The molecule has 170 valence electrons. The van der Waals surface area contributed by atoms with Crippen LogP contribution >= 0.6 is 0 Å². The lowest BCUT2D eigenvalue weighted by molar-refractivity contribution is 0.0959. The van der Waals surface area contributed by atoms with E-state index in [1.165, 1.54) is 31.4 Å². The molecule has 33 heavy (non-hydrogen) atoms. The van der Waals surface area contributed by atoms with E-state index in [0.717, 1.165) is 0 Å². The van der Waals surface area contributed by atoms with Crippen LogP contribution in [0.25, 0.3) is 0 Å². The third-order valence-electron chi connectivity index (χ3n) is 4.58. The monoisotopic (exact) mass is 465 g/mol. The lowest BCUT2D eigenvalue weighted by Crippen LogP contribution is -2.25. The second-order valence-electron chi connectivity index (χ2n) is 6.83. The van der Waals surface area contributed by atoms with Gasteiger partial charge in [-0.2, -0.15) is 0 Å². The number of rotatable bonds is 9. The molecule has 0 aliphatic carbocycles. The van der Waals surface area contributed by atoms with E-state index >= 15 is 0 Å². The van der Waals surface area contributed by atoms with Crippen molar-refractivity contribution < 1.29 is 22.7 Å². The third-order valence-corrected chi connectivity index (χ3v) is 5.95. The van der Waals surface area contributed by atoms with Crippen molar-refractivity contribution in [2.24, 2.45) is 0 Å². The van der Waals surface area contributed by atoms with Crippen LogP contribution in [-0.4, -0.2) is 33.9 Å². The normalized spacial score (nSPS) is 10.7. The summed E-state index contributed by atoms with van der Waals surface area (Å²) >= 11 is 0. The lowest BCUT2D eigenvalue weighted by Gasteiger charge is -2.13. The summed E-state index contributed by atoms with van der Waals surface area (Å²) in [5, 5.41) is 5.33. The fourth-order valence-electron chi connectivity index (χ4n) is 2.98. The first-order valence-corrected chi connectivity index (χ1v) is 11.4. The van der Waals surface area contributed by atoms with Crippen LogP contribution in [0.2, 0.25) is 0 Å². The molecule has 3 aromatic carbocycles. The fraction of sp³-hybridized carbons (Fsp3) is 0.0833. The van der Waals surface area contributed by atoms with Crippen LogP contribution < -0.4 is 20.1 Å². The minimum Gasteiger partial charge on any atom is -0.495 e. The molecule has 0 saturated carbocycles. The van der Waals surface area contributed by atoms with Gasteiger partial charge in [-0.3, -0.25) is 14.3 Å². The molecule has 0 heterocycles. The van der Waals surface area contributed by atoms with Crippen LogP contribution in [0.3, 0.4) is 0 Å². The van der Waals surface area contributed by atoms with Crippen LogP contribution in [-0.2, 0) is 10.0 Å². The van der Waals surface area contributed by atoms with Gasteiger partial charge in [0.1, 0.15) is 5.75 Å². The van der Waals surface area contributed by atoms with Crippen molar-refractivity contribution in [3.8, 4) is 5.75 Å². The Hall–Kier alpha value is -4.11. The van der Waals surface area contributed by atoms with E-state index in [1.54, 1.807) is 54.6 Å². The fourth-order valence-corrected chi connectivity index (χ4v) is 4.10. The van der Waals surface area contributed by atoms with Crippen molar-refractivity contribution in [2.45, 2.75) is 4.90 Å². The molecule has 0 aliphatic rings. The molecule has 3 rings (SSSR count). The van der Waals surface area contributed by atoms with E-state index in [2.05, 4.69) is 21.9 Å². The summed E-state index contributed by atoms with van der Waals surface area (Å²) in [5.74, 6) is -0.572. The quantitative estimate of drug-likeness (QED) is 0.417. The predicted molar refractivity (Wildman–Crippen MR) is 127 cm³/mol. The zero-order valence-electron chi connectivity index (χ0n) is 17.9. The van der Waals surface area contributed by atoms with Gasteiger partial charge < -0.3 is 15.4 Å². The number of carbonyl (C=O) groups excluding carboxylic acids is 2. The number of nitrogens with one attached hydrogen (secondary N) is 3. The van der Waals surface area contributed by atoms with Crippen LogP contribution in [0.1, 0.15) is 20.7 Å². The van der Waals surface area contributed by atoms with Gasteiger partial charge in [0.15, 0.2) is 0 Å². The molecular formula is C24H23N3O5S. The number of carbonyl (C=O) groups is 2. The topological polar surface area (TPSA) is 114 Å². The molecule has 0 fully saturated rings. The number of hydrogen-bond acceptors (Lipinski definition) is 5. The van der Waals surface area contributed by atoms with Gasteiger partial charge in [0, 0.05) is 12.1 Å². The highest BCUT2D eigenvalue weighted by molar-refractivity contribution is 7.92. The number of para-hydroxylation sites is 3. The average Bonchev–Trinajstić information content (AvgIpc) is 2.83. The number of amides is 2. The van der Waals surface area contributed by atoms with Crippen molar-refractivity contribution in [3.63, 3.8) is 0 Å². The Balaban J connectivity index is 1.83. The van der Waals surface area contributed by atoms with Crippen LogP contribution in [0.15, 0.2) is 90.3 Å². The first-order chi connectivity index (χ1) is 15.9. The Morgan fingerprint density at radius 1 is 0.939 bits per heavy atom. The summed E-state index contributed by atoms with van der Waals surface area (Å²) in [7, 11) is -2.55. The number of sulfonamides is 1. The van der Waals surface area contributed by atoms with Gasteiger partial charge in [0.25, 0.3) is 21.8 Å². The molecule has 0 aliphatic heterocycles. The maximum absolute atomic E-state index is 12.9. The van der Waals surface area contributed by atoms with Crippen LogP contribution in [0, 0.1) is 0 Å².